The van der Waals surface area contributed by atoms with Gasteiger partial charge in [-0.15, -0.1) is 0 Å². The number of alkyl halides is 5. The molecule has 1 aromatic heterocycles. The van der Waals surface area contributed by atoms with Gasteiger partial charge in [0.2, 0.25) is 0 Å². The Morgan fingerprint density at radius 2 is 1.68 bits per heavy atom. The molecule has 0 aliphatic carbocycles. The lowest BCUT2D eigenvalue weighted by Gasteiger charge is -2.18. The molecule has 138 valence electrons. The molecule has 0 unspecified atom stereocenters. The fourth-order valence-corrected chi connectivity index (χ4v) is 1.95. The highest BCUT2D eigenvalue weighted by molar-refractivity contribution is 6.02. The Bertz CT molecular complexity index is 700. The average molecular weight is 369 g/mol. The largest absolute Gasteiger partial charge is 0.465 e. The Balaban J connectivity index is 4.09. The van der Waals surface area contributed by atoms with Crippen molar-refractivity contribution in [3.63, 3.8) is 0 Å². The summed E-state index contributed by atoms with van der Waals surface area (Å²) in [5.41, 5.74) is -6.57. The van der Waals surface area contributed by atoms with Crippen LogP contribution >= 0.6 is 0 Å². The zero-order chi connectivity index (χ0) is 19.4. The first-order chi connectivity index (χ1) is 11.6. The average Bonchev–Trinajstić information content (AvgIpc) is 2.55. The molecule has 11 heteroatoms. The molecule has 1 aromatic rings. The summed E-state index contributed by atoms with van der Waals surface area (Å²) < 4.78 is 74.5. The molecule has 0 bridgehead atoms. The van der Waals surface area contributed by atoms with Crippen molar-refractivity contribution >= 4 is 18.0 Å². The highest BCUT2D eigenvalue weighted by atomic mass is 19.4. The van der Waals surface area contributed by atoms with Gasteiger partial charge in [0.25, 0.3) is 6.43 Å². The van der Waals surface area contributed by atoms with Gasteiger partial charge in [-0.05, 0) is 0 Å². The second kappa shape index (κ2) is 8.01. The van der Waals surface area contributed by atoms with Gasteiger partial charge in [-0.2, -0.15) is 13.2 Å². The second-order valence-corrected chi connectivity index (χ2v) is 4.38. The van der Waals surface area contributed by atoms with Gasteiger partial charge in [0.15, 0.2) is 5.69 Å². The number of ether oxygens (including phenoxy) is 2. The Morgan fingerprint density at radius 1 is 1.16 bits per heavy atom. The fraction of sp³-hybridized carbons (Fsp3) is 0.357. The van der Waals surface area contributed by atoms with Gasteiger partial charge in [-0.3, -0.25) is 0 Å². The summed E-state index contributed by atoms with van der Waals surface area (Å²) in [6, 6.07) is 0. The number of aliphatic hydroxyl groups is 1. The van der Waals surface area contributed by atoms with Crippen LogP contribution < -0.4 is 0 Å². The number of halogens is 5. The summed E-state index contributed by atoms with van der Waals surface area (Å²) in [5.74, 6) is -2.98. The maximum Gasteiger partial charge on any atom is 0.434 e. The summed E-state index contributed by atoms with van der Waals surface area (Å²) in [4.78, 5) is 26.4. The molecule has 1 rings (SSSR count). The molecule has 6 nitrogen and oxygen atoms in total. The van der Waals surface area contributed by atoms with E-state index in [0.29, 0.717) is 6.08 Å². The third-order valence-corrected chi connectivity index (χ3v) is 2.91. The predicted molar refractivity (Wildman–Crippen MR) is 73.0 cm³/mol. The van der Waals surface area contributed by atoms with Crippen molar-refractivity contribution in [1.82, 2.24) is 4.98 Å². The van der Waals surface area contributed by atoms with E-state index < -0.39 is 59.2 Å². The molecule has 1 heterocycles. The van der Waals surface area contributed by atoms with Crippen LogP contribution in [0.5, 0.6) is 0 Å². The minimum Gasteiger partial charge on any atom is -0.465 e. The minimum absolute atomic E-state index is 0.699. The quantitative estimate of drug-likeness (QED) is 0.634. The minimum atomic E-state index is -5.29. The normalized spacial score (nSPS) is 11.9. The predicted octanol–water partition coefficient (Wildman–Crippen LogP) is 2.62. The molecule has 0 atom stereocenters. The Labute approximate surface area is 137 Å². The zero-order valence-corrected chi connectivity index (χ0v) is 12.9. The molecule has 0 saturated carbocycles. The number of aromatic nitrogens is 1. The lowest BCUT2D eigenvalue weighted by Crippen LogP contribution is -2.23. The number of rotatable bonds is 5. The van der Waals surface area contributed by atoms with E-state index in [2.05, 4.69) is 14.5 Å². The topological polar surface area (TPSA) is 85.7 Å². The van der Waals surface area contributed by atoms with Crippen LogP contribution in [0.25, 0.3) is 6.08 Å². The molecule has 0 fully saturated rings. The second-order valence-electron chi connectivity index (χ2n) is 4.38. The van der Waals surface area contributed by atoms with Gasteiger partial charge >= 0.3 is 18.1 Å². The highest BCUT2D eigenvalue weighted by Crippen LogP contribution is 2.37. The van der Waals surface area contributed by atoms with E-state index >= 15 is 0 Å². The van der Waals surface area contributed by atoms with Crippen LogP contribution in [-0.4, -0.2) is 42.9 Å². The molecule has 0 saturated heterocycles. The molecular formula is C14H12F5NO5. The van der Waals surface area contributed by atoms with Gasteiger partial charge in [0.1, 0.15) is 5.69 Å². The number of nitrogens with zero attached hydrogens (tertiary/aromatic N) is 1. The highest BCUT2D eigenvalue weighted by Gasteiger charge is 2.42. The van der Waals surface area contributed by atoms with Crippen LogP contribution in [0.3, 0.4) is 0 Å². The Hall–Kier alpha value is -2.56. The fourth-order valence-electron chi connectivity index (χ4n) is 1.95. The Kier molecular flexibility index (Phi) is 6.56. The van der Waals surface area contributed by atoms with Crippen LogP contribution in [0.2, 0.25) is 0 Å². The van der Waals surface area contributed by atoms with Crippen molar-refractivity contribution in [2.24, 2.45) is 0 Å². The summed E-state index contributed by atoms with van der Waals surface area (Å²) in [7, 11) is 1.58. The van der Waals surface area contributed by atoms with Crippen molar-refractivity contribution in [3.8, 4) is 0 Å². The number of methoxy groups -OCH3 is 2. The van der Waals surface area contributed by atoms with Gasteiger partial charge in [-0.25, -0.2) is 23.4 Å². The lowest BCUT2D eigenvalue weighted by molar-refractivity contribution is -0.142. The lowest BCUT2D eigenvalue weighted by atomic mass is 9.96. The molecular weight excluding hydrogens is 357 g/mol. The first-order valence-electron chi connectivity index (χ1n) is 6.47. The zero-order valence-electron chi connectivity index (χ0n) is 12.9. The van der Waals surface area contributed by atoms with Crippen LogP contribution in [0.15, 0.2) is 6.08 Å². The maximum absolute atomic E-state index is 13.2. The van der Waals surface area contributed by atoms with E-state index in [1.165, 1.54) is 0 Å². The first kappa shape index (κ1) is 20.5. The van der Waals surface area contributed by atoms with Crippen LogP contribution in [0.1, 0.15) is 44.1 Å². The molecule has 0 radical (unpaired) electrons. The van der Waals surface area contributed by atoms with E-state index in [-0.39, 0.29) is 0 Å². The molecule has 0 amide bonds. The van der Waals surface area contributed by atoms with Gasteiger partial charge < -0.3 is 14.6 Å². The maximum atomic E-state index is 13.2. The molecule has 0 aliphatic rings. The standard InChI is InChI=1S/C14H12F5NO5/c1-24-12(22)7-6(4-3-5-21)8(13(23)25-2)10(14(17,18)19)20-9(7)11(15)16/h3-4,11,21H,5H2,1-2H3/b4-3+. The number of hydrogen-bond donors (Lipinski definition) is 1. The monoisotopic (exact) mass is 369 g/mol. The smallest absolute Gasteiger partial charge is 0.434 e. The van der Waals surface area contributed by atoms with Crippen molar-refractivity contribution in [2.45, 2.75) is 12.6 Å². The van der Waals surface area contributed by atoms with E-state index in [4.69, 9.17) is 5.11 Å². The van der Waals surface area contributed by atoms with E-state index in [9.17, 15) is 31.5 Å². The molecule has 25 heavy (non-hydrogen) atoms. The molecule has 0 spiro atoms. The third kappa shape index (κ3) is 4.29. The van der Waals surface area contributed by atoms with Crippen molar-refractivity contribution in [1.29, 1.82) is 0 Å². The van der Waals surface area contributed by atoms with Gasteiger partial charge in [0.05, 0.1) is 32.0 Å². The van der Waals surface area contributed by atoms with Gasteiger partial charge in [0, 0.05) is 5.56 Å². The third-order valence-electron chi connectivity index (χ3n) is 2.91. The van der Waals surface area contributed by atoms with Crippen molar-refractivity contribution < 1.29 is 46.1 Å². The van der Waals surface area contributed by atoms with Gasteiger partial charge in [-0.1, -0.05) is 12.2 Å². The SMILES string of the molecule is COC(=O)c1c(C(F)F)nc(C(F)(F)F)c(C(=O)OC)c1/C=C/CO. The van der Waals surface area contributed by atoms with Crippen LogP contribution in [0, 0.1) is 0 Å². The number of esters is 2. The summed E-state index contributed by atoms with van der Waals surface area (Å²) in [5, 5.41) is 8.80. The van der Waals surface area contributed by atoms with Crippen LogP contribution in [-0.2, 0) is 15.7 Å². The van der Waals surface area contributed by atoms with E-state index in [1.54, 1.807) is 0 Å². The van der Waals surface area contributed by atoms with E-state index in [1.807, 2.05) is 0 Å². The summed E-state index contributed by atoms with van der Waals surface area (Å²) in [6.07, 6.45) is -7.29. The molecule has 0 aliphatic heterocycles. The van der Waals surface area contributed by atoms with E-state index in [0.717, 1.165) is 20.3 Å². The summed E-state index contributed by atoms with van der Waals surface area (Å²) in [6.45, 7) is -0.699. The molecule has 0 aromatic carbocycles. The van der Waals surface area contributed by atoms with Crippen LogP contribution in [0.4, 0.5) is 22.0 Å². The number of pyridine rings is 1. The number of carbonyl (C=O) groups excluding carboxylic acids is 2. The van der Waals surface area contributed by atoms with Crippen molar-refractivity contribution in [2.75, 3.05) is 20.8 Å². The molecule has 1 N–H and O–H groups in total. The first-order valence-corrected chi connectivity index (χ1v) is 6.47. The van der Waals surface area contributed by atoms with Crippen molar-refractivity contribution in [3.05, 3.63) is 34.2 Å². The number of carbonyl (C=O) groups is 2. The number of hydrogen-bond acceptors (Lipinski definition) is 6. The summed E-state index contributed by atoms with van der Waals surface area (Å²) >= 11 is 0. The number of aliphatic hydroxyl groups excluding tert-OH is 1. The Morgan fingerprint density at radius 3 is 2.08 bits per heavy atom.